The molecule has 1 aromatic rings. The van der Waals surface area contributed by atoms with E-state index in [1.807, 2.05) is 0 Å². The van der Waals surface area contributed by atoms with Crippen molar-refractivity contribution in [2.45, 2.75) is 13.0 Å². The van der Waals surface area contributed by atoms with E-state index in [4.69, 9.17) is 5.11 Å². The second kappa shape index (κ2) is 4.72. The lowest BCUT2D eigenvalue weighted by Crippen LogP contribution is -2.35. The Kier molecular flexibility index (Phi) is 3.59. The maximum Gasteiger partial charge on any atom is 0.254 e. The zero-order chi connectivity index (χ0) is 10.6. The van der Waals surface area contributed by atoms with Gasteiger partial charge in [0.15, 0.2) is 0 Å². The van der Waals surface area contributed by atoms with Crippen molar-refractivity contribution in [3.8, 4) is 0 Å². The average molecular weight is 197 g/mol. The molecule has 4 heteroatoms. The number of hydrogen-bond donors (Lipinski definition) is 2. The number of aliphatic hydroxyl groups excluding tert-OH is 1. The highest BCUT2D eigenvalue weighted by atomic mass is 19.1. The van der Waals surface area contributed by atoms with Gasteiger partial charge in [-0.3, -0.25) is 4.79 Å². The summed E-state index contributed by atoms with van der Waals surface area (Å²) in [5.74, 6) is -1.07. The number of halogens is 1. The maximum absolute atomic E-state index is 13.1. The van der Waals surface area contributed by atoms with Crippen molar-refractivity contribution in [3.05, 3.63) is 35.6 Å². The molecule has 0 radical (unpaired) electrons. The van der Waals surface area contributed by atoms with Gasteiger partial charge in [0.2, 0.25) is 0 Å². The Balaban J connectivity index is 2.75. The normalized spacial score (nSPS) is 12.2. The fourth-order valence-electron chi connectivity index (χ4n) is 0.993. The summed E-state index contributed by atoms with van der Waals surface area (Å²) in [6, 6.07) is 5.35. The zero-order valence-corrected chi connectivity index (χ0v) is 7.83. The maximum atomic E-state index is 13.1. The fraction of sp³-hybridized carbons (Fsp3) is 0.300. The van der Waals surface area contributed by atoms with Gasteiger partial charge < -0.3 is 10.4 Å². The van der Waals surface area contributed by atoms with Crippen LogP contribution < -0.4 is 5.32 Å². The molecule has 0 saturated heterocycles. The molecule has 0 unspecified atom stereocenters. The zero-order valence-electron chi connectivity index (χ0n) is 7.83. The minimum atomic E-state index is -0.560. The highest BCUT2D eigenvalue weighted by Crippen LogP contribution is 2.05. The van der Waals surface area contributed by atoms with Crippen LogP contribution >= 0.6 is 0 Å². The number of carbonyl (C=O) groups is 1. The molecule has 0 spiro atoms. The third-order valence-corrected chi connectivity index (χ3v) is 1.77. The summed E-state index contributed by atoms with van der Waals surface area (Å²) in [7, 11) is 0. The third kappa shape index (κ3) is 2.53. The van der Waals surface area contributed by atoms with Crippen molar-refractivity contribution in [2.75, 3.05) is 6.61 Å². The largest absolute Gasteiger partial charge is 0.394 e. The first-order chi connectivity index (χ1) is 6.65. The number of nitrogens with one attached hydrogen (secondary N) is 1. The third-order valence-electron chi connectivity index (χ3n) is 1.77. The molecule has 0 fully saturated rings. The predicted octanol–water partition coefficient (Wildman–Crippen LogP) is 0.936. The number of hydrogen-bond acceptors (Lipinski definition) is 2. The van der Waals surface area contributed by atoms with Gasteiger partial charge in [-0.1, -0.05) is 12.1 Å². The first-order valence-electron chi connectivity index (χ1n) is 4.31. The van der Waals surface area contributed by atoms with Gasteiger partial charge in [-0.15, -0.1) is 0 Å². The molecule has 1 atom stereocenters. The van der Waals surface area contributed by atoms with E-state index in [1.54, 1.807) is 13.0 Å². The van der Waals surface area contributed by atoms with Crippen LogP contribution in [0.15, 0.2) is 24.3 Å². The van der Waals surface area contributed by atoms with Crippen LogP contribution in [-0.2, 0) is 0 Å². The minimum Gasteiger partial charge on any atom is -0.394 e. The molecule has 76 valence electrons. The number of amides is 1. The summed E-state index contributed by atoms with van der Waals surface area (Å²) in [5, 5.41) is 11.1. The smallest absolute Gasteiger partial charge is 0.254 e. The van der Waals surface area contributed by atoms with Crippen molar-refractivity contribution < 1.29 is 14.3 Å². The lowest BCUT2D eigenvalue weighted by atomic mass is 10.2. The van der Waals surface area contributed by atoms with E-state index >= 15 is 0 Å². The summed E-state index contributed by atoms with van der Waals surface area (Å²) < 4.78 is 13.1. The van der Waals surface area contributed by atoms with Crippen molar-refractivity contribution in [1.29, 1.82) is 0 Å². The summed E-state index contributed by atoms with van der Waals surface area (Å²) in [6.07, 6.45) is 0. The molecule has 14 heavy (non-hydrogen) atoms. The van der Waals surface area contributed by atoms with E-state index in [0.717, 1.165) is 0 Å². The molecular formula is C10H12FNO2. The van der Waals surface area contributed by atoms with Crippen LogP contribution in [0.1, 0.15) is 17.3 Å². The SMILES string of the molecule is C[C@@H](CO)NC(=O)c1ccccc1F. The topological polar surface area (TPSA) is 49.3 Å². The Labute approximate surface area is 81.6 Å². The molecule has 0 heterocycles. The van der Waals surface area contributed by atoms with E-state index in [9.17, 15) is 9.18 Å². The number of carbonyl (C=O) groups excluding carboxylic acids is 1. The van der Waals surface area contributed by atoms with Crippen molar-refractivity contribution >= 4 is 5.91 Å². The Morgan fingerprint density at radius 1 is 1.57 bits per heavy atom. The Bertz CT molecular complexity index is 328. The molecule has 0 saturated carbocycles. The van der Waals surface area contributed by atoms with Gasteiger partial charge in [-0.2, -0.15) is 0 Å². The molecule has 2 N–H and O–H groups in total. The van der Waals surface area contributed by atoms with E-state index < -0.39 is 11.7 Å². The van der Waals surface area contributed by atoms with Crippen LogP contribution in [0, 0.1) is 5.82 Å². The van der Waals surface area contributed by atoms with Crippen LogP contribution in [0.2, 0.25) is 0 Å². The molecule has 0 aliphatic carbocycles. The number of aliphatic hydroxyl groups is 1. The monoisotopic (exact) mass is 197 g/mol. The van der Waals surface area contributed by atoms with Crippen LogP contribution in [0.4, 0.5) is 4.39 Å². The lowest BCUT2D eigenvalue weighted by molar-refractivity contribution is 0.0918. The Morgan fingerprint density at radius 3 is 2.79 bits per heavy atom. The fourth-order valence-corrected chi connectivity index (χ4v) is 0.993. The number of rotatable bonds is 3. The summed E-state index contributed by atoms with van der Waals surface area (Å²) in [6.45, 7) is 1.47. The highest BCUT2D eigenvalue weighted by Gasteiger charge is 2.12. The van der Waals surface area contributed by atoms with Gasteiger partial charge in [-0.05, 0) is 19.1 Å². The number of benzene rings is 1. The van der Waals surface area contributed by atoms with Gasteiger partial charge in [0.1, 0.15) is 5.82 Å². The van der Waals surface area contributed by atoms with Crippen molar-refractivity contribution in [3.63, 3.8) is 0 Å². The summed E-state index contributed by atoms with van der Waals surface area (Å²) in [5.41, 5.74) is -0.00667. The standard InChI is InChI=1S/C10H12FNO2/c1-7(6-13)12-10(14)8-4-2-3-5-9(8)11/h2-5,7,13H,6H2,1H3,(H,12,14)/t7-/m0/s1. The molecule has 1 amide bonds. The lowest BCUT2D eigenvalue weighted by Gasteiger charge is -2.10. The molecule has 0 aromatic heterocycles. The van der Waals surface area contributed by atoms with Gasteiger partial charge >= 0.3 is 0 Å². The summed E-state index contributed by atoms with van der Waals surface area (Å²) in [4.78, 5) is 11.4. The molecule has 1 rings (SSSR count). The predicted molar refractivity (Wildman–Crippen MR) is 50.4 cm³/mol. The van der Waals surface area contributed by atoms with Crippen LogP contribution in [0.3, 0.4) is 0 Å². The van der Waals surface area contributed by atoms with E-state index in [-0.39, 0.29) is 18.2 Å². The van der Waals surface area contributed by atoms with Crippen LogP contribution in [0.5, 0.6) is 0 Å². The molecule has 0 bridgehead atoms. The quantitative estimate of drug-likeness (QED) is 0.757. The second-order valence-corrected chi connectivity index (χ2v) is 3.04. The van der Waals surface area contributed by atoms with Crippen molar-refractivity contribution in [1.82, 2.24) is 5.32 Å². The van der Waals surface area contributed by atoms with E-state index in [0.29, 0.717) is 0 Å². The van der Waals surface area contributed by atoms with E-state index in [2.05, 4.69) is 5.32 Å². The first kappa shape index (κ1) is 10.7. The van der Waals surface area contributed by atoms with E-state index in [1.165, 1.54) is 18.2 Å². The minimum absolute atomic E-state index is 0.00667. The Hall–Kier alpha value is -1.42. The highest BCUT2D eigenvalue weighted by molar-refractivity contribution is 5.94. The van der Waals surface area contributed by atoms with Crippen LogP contribution in [-0.4, -0.2) is 23.7 Å². The molecule has 3 nitrogen and oxygen atoms in total. The van der Waals surface area contributed by atoms with Crippen LogP contribution in [0.25, 0.3) is 0 Å². The van der Waals surface area contributed by atoms with Gasteiger partial charge in [0.25, 0.3) is 5.91 Å². The first-order valence-corrected chi connectivity index (χ1v) is 4.31. The summed E-state index contributed by atoms with van der Waals surface area (Å²) >= 11 is 0. The van der Waals surface area contributed by atoms with Gasteiger partial charge in [-0.25, -0.2) is 4.39 Å². The molecule has 0 aliphatic heterocycles. The molecular weight excluding hydrogens is 185 g/mol. The Morgan fingerprint density at radius 2 is 2.21 bits per heavy atom. The van der Waals surface area contributed by atoms with Crippen molar-refractivity contribution in [2.24, 2.45) is 0 Å². The second-order valence-electron chi connectivity index (χ2n) is 3.04. The van der Waals surface area contributed by atoms with Gasteiger partial charge in [0.05, 0.1) is 12.2 Å². The average Bonchev–Trinajstić information content (AvgIpc) is 2.18. The molecule has 0 aliphatic rings. The molecule has 1 aromatic carbocycles. The van der Waals surface area contributed by atoms with Gasteiger partial charge in [0, 0.05) is 6.04 Å².